The molecule has 0 aromatic heterocycles. The third-order valence-corrected chi connectivity index (χ3v) is 3.46. The van der Waals surface area contributed by atoms with Gasteiger partial charge in [0.25, 0.3) is 0 Å². The van der Waals surface area contributed by atoms with Gasteiger partial charge in [-0.25, -0.2) is 9.59 Å². The van der Waals surface area contributed by atoms with Gasteiger partial charge in [-0.1, -0.05) is 12.1 Å². The second-order valence-electron chi connectivity index (χ2n) is 5.22. The number of aromatic carboxylic acids is 1. The van der Waals surface area contributed by atoms with Crippen molar-refractivity contribution < 1.29 is 19.4 Å². The highest BCUT2D eigenvalue weighted by Crippen LogP contribution is 2.09. The maximum absolute atomic E-state index is 12.1. The van der Waals surface area contributed by atoms with E-state index in [1.165, 1.54) is 0 Å². The summed E-state index contributed by atoms with van der Waals surface area (Å²) in [4.78, 5) is 24.4. The predicted molar refractivity (Wildman–Crippen MR) is 77.2 cm³/mol. The van der Waals surface area contributed by atoms with Crippen LogP contribution in [0.3, 0.4) is 0 Å². The maximum Gasteiger partial charge on any atom is 0.335 e. The van der Waals surface area contributed by atoms with Gasteiger partial charge in [-0.3, -0.25) is 0 Å². The Balaban J connectivity index is 1.86. The van der Waals surface area contributed by atoms with E-state index in [0.717, 1.165) is 25.0 Å². The molecule has 114 valence electrons. The lowest BCUT2D eigenvalue weighted by Crippen LogP contribution is -2.46. The molecule has 0 radical (unpaired) electrons. The van der Waals surface area contributed by atoms with Crippen LogP contribution in [0, 0.1) is 0 Å². The molecule has 1 aromatic carbocycles. The van der Waals surface area contributed by atoms with Crippen molar-refractivity contribution >= 4 is 12.0 Å². The van der Waals surface area contributed by atoms with Crippen molar-refractivity contribution in [2.45, 2.75) is 25.4 Å². The lowest BCUT2D eigenvalue weighted by molar-refractivity contribution is 0.0696. The summed E-state index contributed by atoms with van der Waals surface area (Å²) in [6.45, 7) is 1.75. The number of carbonyl (C=O) groups is 2. The molecule has 0 saturated carbocycles. The third-order valence-electron chi connectivity index (χ3n) is 3.46. The average molecular weight is 292 g/mol. The SMILES string of the molecule is CN(Cc1ccc(C(=O)O)cc1)C(=O)NC1CCCOC1. The molecule has 1 aliphatic heterocycles. The number of hydrogen-bond acceptors (Lipinski definition) is 3. The number of hydrogen-bond donors (Lipinski definition) is 2. The zero-order chi connectivity index (χ0) is 15.2. The van der Waals surface area contributed by atoms with Gasteiger partial charge in [0.2, 0.25) is 0 Å². The van der Waals surface area contributed by atoms with E-state index < -0.39 is 5.97 Å². The Labute approximate surface area is 123 Å². The van der Waals surface area contributed by atoms with E-state index in [4.69, 9.17) is 9.84 Å². The Morgan fingerprint density at radius 3 is 2.67 bits per heavy atom. The molecule has 0 spiro atoms. The van der Waals surface area contributed by atoms with Crippen LogP contribution in [0.5, 0.6) is 0 Å². The van der Waals surface area contributed by atoms with Crippen LogP contribution < -0.4 is 5.32 Å². The number of benzene rings is 1. The van der Waals surface area contributed by atoms with Crippen molar-refractivity contribution in [3.63, 3.8) is 0 Å². The number of nitrogens with one attached hydrogen (secondary N) is 1. The summed E-state index contributed by atoms with van der Waals surface area (Å²) in [6, 6.07) is 6.45. The highest BCUT2D eigenvalue weighted by atomic mass is 16.5. The standard InChI is InChI=1S/C15H20N2O4/c1-17(15(20)16-13-3-2-8-21-10-13)9-11-4-6-12(7-5-11)14(18)19/h4-7,13H,2-3,8-10H2,1H3,(H,16,20)(H,18,19). The molecule has 0 bridgehead atoms. The molecule has 0 aliphatic carbocycles. The molecular formula is C15H20N2O4. The van der Waals surface area contributed by atoms with Gasteiger partial charge in [-0.2, -0.15) is 0 Å². The van der Waals surface area contributed by atoms with Gasteiger partial charge >= 0.3 is 12.0 Å². The first-order chi connectivity index (χ1) is 10.1. The lowest BCUT2D eigenvalue weighted by Gasteiger charge is -2.26. The van der Waals surface area contributed by atoms with Crippen LogP contribution in [0.25, 0.3) is 0 Å². The molecule has 1 saturated heterocycles. The number of carbonyl (C=O) groups excluding carboxylic acids is 1. The average Bonchev–Trinajstić information content (AvgIpc) is 2.48. The predicted octanol–water partition coefficient (Wildman–Crippen LogP) is 1.71. The topological polar surface area (TPSA) is 78.9 Å². The van der Waals surface area contributed by atoms with Crippen LogP contribution >= 0.6 is 0 Å². The Kier molecular flexibility index (Phi) is 5.16. The largest absolute Gasteiger partial charge is 0.478 e. The highest BCUT2D eigenvalue weighted by molar-refractivity contribution is 5.87. The first-order valence-corrected chi connectivity index (χ1v) is 6.98. The number of amides is 2. The number of carboxylic acid groups (broad SMARTS) is 1. The monoisotopic (exact) mass is 292 g/mol. The van der Waals surface area contributed by atoms with Crippen molar-refractivity contribution in [3.8, 4) is 0 Å². The number of ether oxygens (including phenoxy) is 1. The molecular weight excluding hydrogens is 272 g/mol. The molecule has 1 aromatic rings. The van der Waals surface area contributed by atoms with E-state index in [-0.39, 0.29) is 17.6 Å². The van der Waals surface area contributed by atoms with Gasteiger partial charge in [-0.05, 0) is 30.5 Å². The molecule has 1 aliphatic rings. The summed E-state index contributed by atoms with van der Waals surface area (Å²) < 4.78 is 5.33. The lowest BCUT2D eigenvalue weighted by atomic mass is 10.1. The fourth-order valence-electron chi connectivity index (χ4n) is 2.24. The molecule has 21 heavy (non-hydrogen) atoms. The molecule has 1 unspecified atom stereocenters. The van der Waals surface area contributed by atoms with Crippen molar-refractivity contribution in [3.05, 3.63) is 35.4 Å². The normalized spacial score (nSPS) is 18.0. The zero-order valence-corrected chi connectivity index (χ0v) is 12.0. The summed E-state index contributed by atoms with van der Waals surface area (Å²) in [5.74, 6) is -0.954. The van der Waals surface area contributed by atoms with Crippen LogP contribution in [0.2, 0.25) is 0 Å². The van der Waals surface area contributed by atoms with Gasteiger partial charge in [0.15, 0.2) is 0 Å². The Morgan fingerprint density at radius 2 is 2.10 bits per heavy atom. The van der Waals surface area contributed by atoms with Gasteiger partial charge in [0.05, 0.1) is 18.2 Å². The zero-order valence-electron chi connectivity index (χ0n) is 12.0. The summed E-state index contributed by atoms with van der Waals surface area (Å²) in [7, 11) is 1.71. The minimum Gasteiger partial charge on any atom is -0.478 e. The summed E-state index contributed by atoms with van der Waals surface area (Å²) in [5.41, 5.74) is 1.13. The molecule has 6 nitrogen and oxygen atoms in total. The fourth-order valence-corrected chi connectivity index (χ4v) is 2.24. The number of rotatable bonds is 4. The van der Waals surface area contributed by atoms with E-state index in [0.29, 0.717) is 13.2 Å². The molecule has 1 atom stereocenters. The number of urea groups is 1. The summed E-state index contributed by atoms with van der Waals surface area (Å²) >= 11 is 0. The fraction of sp³-hybridized carbons (Fsp3) is 0.467. The molecule has 2 N–H and O–H groups in total. The Hall–Kier alpha value is -2.08. The first-order valence-electron chi connectivity index (χ1n) is 6.98. The Morgan fingerprint density at radius 1 is 1.38 bits per heavy atom. The highest BCUT2D eigenvalue weighted by Gasteiger charge is 2.18. The van der Waals surface area contributed by atoms with E-state index in [1.54, 1.807) is 36.2 Å². The van der Waals surface area contributed by atoms with Crippen LogP contribution in [-0.4, -0.2) is 48.3 Å². The van der Waals surface area contributed by atoms with Crippen LogP contribution in [0.1, 0.15) is 28.8 Å². The quantitative estimate of drug-likeness (QED) is 0.885. The minimum absolute atomic E-state index is 0.0723. The summed E-state index contributed by atoms with van der Waals surface area (Å²) in [5, 5.41) is 11.8. The molecule has 1 fully saturated rings. The first kappa shape index (κ1) is 15.3. The molecule has 1 heterocycles. The van der Waals surface area contributed by atoms with Crippen molar-refractivity contribution in [2.75, 3.05) is 20.3 Å². The Bertz CT molecular complexity index is 495. The number of nitrogens with zero attached hydrogens (tertiary/aromatic N) is 1. The maximum atomic E-state index is 12.1. The molecule has 6 heteroatoms. The molecule has 2 rings (SSSR count). The van der Waals surface area contributed by atoms with Gasteiger partial charge in [0.1, 0.15) is 0 Å². The van der Waals surface area contributed by atoms with Crippen LogP contribution in [-0.2, 0) is 11.3 Å². The minimum atomic E-state index is -0.954. The van der Waals surface area contributed by atoms with Gasteiger partial charge in [-0.15, -0.1) is 0 Å². The van der Waals surface area contributed by atoms with E-state index >= 15 is 0 Å². The van der Waals surface area contributed by atoms with E-state index in [1.807, 2.05) is 0 Å². The molecule has 2 amide bonds. The van der Waals surface area contributed by atoms with Crippen molar-refractivity contribution in [2.24, 2.45) is 0 Å². The van der Waals surface area contributed by atoms with Gasteiger partial charge in [0, 0.05) is 20.2 Å². The van der Waals surface area contributed by atoms with E-state index in [2.05, 4.69) is 5.32 Å². The van der Waals surface area contributed by atoms with Crippen molar-refractivity contribution in [1.82, 2.24) is 10.2 Å². The van der Waals surface area contributed by atoms with Crippen LogP contribution in [0.15, 0.2) is 24.3 Å². The third kappa shape index (κ3) is 4.46. The van der Waals surface area contributed by atoms with Gasteiger partial charge < -0.3 is 20.1 Å². The summed E-state index contributed by atoms with van der Waals surface area (Å²) in [6.07, 6.45) is 1.90. The van der Waals surface area contributed by atoms with Crippen LogP contribution in [0.4, 0.5) is 4.79 Å². The second kappa shape index (κ2) is 7.08. The number of carboxylic acids is 1. The smallest absolute Gasteiger partial charge is 0.335 e. The van der Waals surface area contributed by atoms with Crippen molar-refractivity contribution in [1.29, 1.82) is 0 Å². The second-order valence-corrected chi connectivity index (χ2v) is 5.22. The van der Waals surface area contributed by atoms with E-state index in [9.17, 15) is 9.59 Å².